The Labute approximate surface area is 129 Å². The Bertz CT molecular complexity index is 637. The Balaban J connectivity index is 1.84. The highest BCUT2D eigenvalue weighted by atomic mass is 16.5. The van der Waals surface area contributed by atoms with Gasteiger partial charge in [0.1, 0.15) is 5.69 Å². The van der Waals surface area contributed by atoms with Gasteiger partial charge in [0.15, 0.2) is 6.61 Å². The van der Waals surface area contributed by atoms with Crippen molar-refractivity contribution in [3.8, 4) is 0 Å². The zero-order valence-corrected chi connectivity index (χ0v) is 12.6. The van der Waals surface area contributed by atoms with E-state index in [0.29, 0.717) is 11.6 Å². The minimum Gasteiger partial charge on any atom is -0.451 e. The van der Waals surface area contributed by atoms with E-state index in [2.05, 4.69) is 24.1 Å². The lowest BCUT2D eigenvalue weighted by molar-refractivity contribution is -0.119. The van der Waals surface area contributed by atoms with Gasteiger partial charge in [-0.25, -0.2) is 9.78 Å². The molecule has 5 heteroatoms. The van der Waals surface area contributed by atoms with Gasteiger partial charge in [0.05, 0.1) is 0 Å². The van der Waals surface area contributed by atoms with Gasteiger partial charge in [-0.05, 0) is 35.7 Å². The Morgan fingerprint density at radius 3 is 2.45 bits per heavy atom. The maximum absolute atomic E-state index is 11.8. The first-order valence-corrected chi connectivity index (χ1v) is 7.04. The van der Waals surface area contributed by atoms with Crippen LogP contribution in [0, 0.1) is 0 Å². The molecule has 5 nitrogen and oxygen atoms in total. The first-order valence-electron chi connectivity index (χ1n) is 7.04. The first-order chi connectivity index (χ1) is 10.6. The number of rotatable bonds is 5. The number of carbonyl (C=O) groups is 2. The fourth-order valence-corrected chi connectivity index (χ4v) is 1.84. The van der Waals surface area contributed by atoms with E-state index >= 15 is 0 Å². The summed E-state index contributed by atoms with van der Waals surface area (Å²) < 4.78 is 4.91. The number of anilines is 1. The van der Waals surface area contributed by atoms with Crippen LogP contribution >= 0.6 is 0 Å². The predicted molar refractivity (Wildman–Crippen MR) is 83.7 cm³/mol. The van der Waals surface area contributed by atoms with Crippen molar-refractivity contribution in [1.29, 1.82) is 0 Å². The highest BCUT2D eigenvalue weighted by Gasteiger charge is 2.11. The summed E-state index contributed by atoms with van der Waals surface area (Å²) >= 11 is 0. The second kappa shape index (κ2) is 7.36. The number of carbonyl (C=O) groups excluding carboxylic acids is 2. The van der Waals surface area contributed by atoms with E-state index in [0.717, 1.165) is 0 Å². The number of hydrogen-bond donors (Lipinski definition) is 1. The molecule has 0 saturated carbocycles. The summed E-state index contributed by atoms with van der Waals surface area (Å²) in [6, 6.07) is 12.5. The van der Waals surface area contributed by atoms with Crippen LogP contribution in [0.3, 0.4) is 0 Å². The Morgan fingerprint density at radius 1 is 1.14 bits per heavy atom. The summed E-state index contributed by atoms with van der Waals surface area (Å²) in [5.41, 5.74) is 2.04. The van der Waals surface area contributed by atoms with Gasteiger partial charge in [-0.2, -0.15) is 0 Å². The van der Waals surface area contributed by atoms with Gasteiger partial charge in [0.2, 0.25) is 0 Å². The molecule has 22 heavy (non-hydrogen) atoms. The van der Waals surface area contributed by atoms with Crippen LogP contribution in [0.15, 0.2) is 48.7 Å². The maximum atomic E-state index is 11.8. The molecular weight excluding hydrogens is 280 g/mol. The van der Waals surface area contributed by atoms with Crippen LogP contribution in [0.5, 0.6) is 0 Å². The third-order valence-corrected chi connectivity index (χ3v) is 3.07. The van der Waals surface area contributed by atoms with Gasteiger partial charge in [0, 0.05) is 11.9 Å². The third kappa shape index (κ3) is 4.41. The van der Waals surface area contributed by atoms with Gasteiger partial charge in [-0.1, -0.05) is 32.0 Å². The summed E-state index contributed by atoms with van der Waals surface area (Å²) in [5.74, 6) is -0.573. The molecule has 1 heterocycles. The lowest BCUT2D eigenvalue weighted by Crippen LogP contribution is -2.21. The normalized spacial score (nSPS) is 10.3. The van der Waals surface area contributed by atoms with Gasteiger partial charge < -0.3 is 10.1 Å². The highest BCUT2D eigenvalue weighted by Crippen LogP contribution is 2.17. The van der Waals surface area contributed by atoms with Crippen molar-refractivity contribution in [1.82, 2.24) is 4.98 Å². The van der Waals surface area contributed by atoms with Gasteiger partial charge in [-0.15, -0.1) is 0 Å². The quantitative estimate of drug-likeness (QED) is 0.862. The summed E-state index contributed by atoms with van der Waals surface area (Å²) in [7, 11) is 0. The average Bonchev–Trinajstić information content (AvgIpc) is 2.54. The van der Waals surface area contributed by atoms with E-state index in [-0.39, 0.29) is 18.2 Å². The van der Waals surface area contributed by atoms with E-state index in [1.807, 2.05) is 24.3 Å². The molecule has 0 atom stereocenters. The molecule has 0 fully saturated rings. The minimum absolute atomic E-state index is 0.177. The molecular formula is C17H18N2O3. The van der Waals surface area contributed by atoms with Gasteiger partial charge >= 0.3 is 5.97 Å². The zero-order chi connectivity index (χ0) is 15.9. The van der Waals surface area contributed by atoms with Crippen LogP contribution in [-0.2, 0) is 9.53 Å². The van der Waals surface area contributed by atoms with Crippen molar-refractivity contribution in [2.24, 2.45) is 0 Å². The number of hydrogen-bond acceptors (Lipinski definition) is 4. The molecule has 0 radical (unpaired) electrons. The molecule has 2 aromatic rings. The molecule has 1 N–H and O–H groups in total. The zero-order valence-electron chi connectivity index (χ0n) is 12.6. The first kappa shape index (κ1) is 15.7. The Kier molecular flexibility index (Phi) is 5.25. The molecule has 0 bridgehead atoms. The van der Waals surface area contributed by atoms with E-state index in [4.69, 9.17) is 4.74 Å². The largest absolute Gasteiger partial charge is 0.451 e. The van der Waals surface area contributed by atoms with Crippen molar-refractivity contribution in [2.75, 3.05) is 11.9 Å². The molecule has 1 amide bonds. The second-order valence-corrected chi connectivity index (χ2v) is 5.12. The number of nitrogens with one attached hydrogen (secondary N) is 1. The number of pyridine rings is 1. The lowest BCUT2D eigenvalue weighted by atomic mass is 10.0. The minimum atomic E-state index is -0.620. The van der Waals surface area contributed by atoms with Gasteiger partial charge in [0.25, 0.3) is 5.91 Å². The summed E-state index contributed by atoms with van der Waals surface area (Å²) in [4.78, 5) is 27.3. The van der Waals surface area contributed by atoms with E-state index < -0.39 is 5.97 Å². The molecule has 0 aliphatic heterocycles. The Morgan fingerprint density at radius 2 is 1.86 bits per heavy atom. The van der Waals surface area contributed by atoms with Gasteiger partial charge in [-0.3, -0.25) is 4.79 Å². The van der Waals surface area contributed by atoms with Crippen molar-refractivity contribution in [3.63, 3.8) is 0 Å². The lowest BCUT2D eigenvalue weighted by Gasteiger charge is -2.08. The number of ether oxygens (including phenoxy) is 1. The van der Waals surface area contributed by atoms with E-state index in [1.165, 1.54) is 17.8 Å². The van der Waals surface area contributed by atoms with Crippen LogP contribution in [0.25, 0.3) is 0 Å². The fourth-order valence-electron chi connectivity index (χ4n) is 1.84. The maximum Gasteiger partial charge on any atom is 0.357 e. The third-order valence-electron chi connectivity index (χ3n) is 3.07. The fraction of sp³-hybridized carbons (Fsp3) is 0.235. The number of esters is 1. The van der Waals surface area contributed by atoms with Crippen LogP contribution in [0.1, 0.15) is 35.8 Å². The monoisotopic (exact) mass is 298 g/mol. The van der Waals surface area contributed by atoms with Crippen molar-refractivity contribution in [3.05, 3.63) is 59.9 Å². The molecule has 114 valence electrons. The number of benzene rings is 1. The van der Waals surface area contributed by atoms with Crippen molar-refractivity contribution >= 4 is 17.6 Å². The average molecular weight is 298 g/mol. The summed E-state index contributed by atoms with van der Waals surface area (Å²) in [6.07, 6.45) is 1.49. The topological polar surface area (TPSA) is 68.3 Å². The molecule has 2 rings (SSSR count). The van der Waals surface area contributed by atoms with Crippen LogP contribution < -0.4 is 5.32 Å². The number of nitrogens with zero attached hydrogens (tertiary/aromatic N) is 1. The molecule has 1 aromatic heterocycles. The number of aromatic nitrogens is 1. The second-order valence-electron chi connectivity index (χ2n) is 5.12. The van der Waals surface area contributed by atoms with E-state index in [1.54, 1.807) is 12.1 Å². The van der Waals surface area contributed by atoms with Crippen LogP contribution in [-0.4, -0.2) is 23.5 Å². The van der Waals surface area contributed by atoms with E-state index in [9.17, 15) is 9.59 Å². The molecule has 1 aromatic carbocycles. The highest BCUT2D eigenvalue weighted by molar-refractivity contribution is 5.94. The van der Waals surface area contributed by atoms with Crippen molar-refractivity contribution < 1.29 is 14.3 Å². The van der Waals surface area contributed by atoms with Crippen LogP contribution in [0.4, 0.5) is 5.69 Å². The standard InChI is InChI=1S/C17H18N2O3/c1-12(2)13-6-8-14(9-7-13)19-16(20)11-22-17(21)15-5-3-4-10-18-15/h3-10,12H,11H2,1-2H3,(H,19,20). The molecule has 0 unspecified atom stereocenters. The SMILES string of the molecule is CC(C)c1ccc(NC(=O)COC(=O)c2ccccn2)cc1. The predicted octanol–water partition coefficient (Wildman–Crippen LogP) is 3.00. The summed E-state index contributed by atoms with van der Waals surface area (Å²) in [5, 5.41) is 2.68. The Hall–Kier alpha value is -2.69. The van der Waals surface area contributed by atoms with Crippen molar-refractivity contribution in [2.45, 2.75) is 19.8 Å². The molecule has 0 spiro atoms. The molecule has 0 aliphatic carbocycles. The molecule has 0 aliphatic rings. The summed E-state index contributed by atoms with van der Waals surface area (Å²) in [6.45, 7) is 3.86. The molecule has 0 saturated heterocycles. The number of amides is 1. The smallest absolute Gasteiger partial charge is 0.357 e. The van der Waals surface area contributed by atoms with Crippen LogP contribution in [0.2, 0.25) is 0 Å².